The summed E-state index contributed by atoms with van der Waals surface area (Å²) < 4.78 is 27.4. The first-order valence-electron chi connectivity index (χ1n) is 18.9. The first-order chi connectivity index (χ1) is 28.6. The minimum atomic E-state index is -0.286. The number of rotatable bonds is 6. The number of aromatic nitrogens is 2. The van der Waals surface area contributed by atoms with Gasteiger partial charge in [0.25, 0.3) is 0 Å². The van der Waals surface area contributed by atoms with E-state index in [0.717, 1.165) is 100 Å². The molecule has 274 valence electrons. The van der Waals surface area contributed by atoms with Crippen LogP contribution in [-0.2, 0) is 0 Å². The molecule has 0 fully saturated rings. The van der Waals surface area contributed by atoms with Crippen molar-refractivity contribution in [1.29, 1.82) is 0 Å². The van der Waals surface area contributed by atoms with Crippen LogP contribution in [-0.4, -0.2) is 21.6 Å². The summed E-state index contributed by atoms with van der Waals surface area (Å²) in [5, 5.41) is 11.5. The number of aliphatic imine (C=N–C) groups is 2. The van der Waals surface area contributed by atoms with E-state index in [2.05, 4.69) is 106 Å². The summed E-state index contributed by atoms with van der Waals surface area (Å²) in [7, 11) is 0. The summed E-state index contributed by atoms with van der Waals surface area (Å²) in [6.45, 7) is 0. The van der Waals surface area contributed by atoms with Gasteiger partial charge in [0.05, 0.1) is 0 Å². The van der Waals surface area contributed by atoms with E-state index in [1.807, 2.05) is 24.3 Å². The van der Waals surface area contributed by atoms with Crippen LogP contribution in [0.1, 0.15) is 11.1 Å². The average Bonchev–Trinajstić information content (AvgIpc) is 3.81. The lowest BCUT2D eigenvalue weighted by atomic mass is 9.92. The van der Waals surface area contributed by atoms with Crippen LogP contribution >= 0.6 is 0 Å². The van der Waals surface area contributed by atoms with Crippen molar-refractivity contribution in [3.8, 4) is 44.5 Å². The van der Waals surface area contributed by atoms with Gasteiger partial charge >= 0.3 is 0 Å². The molecule has 8 heteroatoms. The highest BCUT2D eigenvalue weighted by Gasteiger charge is 2.24. The van der Waals surface area contributed by atoms with Crippen LogP contribution < -0.4 is 10.6 Å². The number of nitrogens with zero attached hydrogens (tertiary/aromatic N) is 4. The van der Waals surface area contributed by atoms with Crippen LogP contribution in [0.3, 0.4) is 0 Å². The number of halogens is 2. The molecule has 2 aliphatic heterocycles. The normalized spacial score (nSPS) is 14.0. The smallest absolute Gasteiger partial charge is 0.162 e. The molecule has 2 aromatic heterocycles. The average molecular weight is 753 g/mol. The number of amidine groups is 2. The molecule has 0 unspecified atom stereocenters. The van der Waals surface area contributed by atoms with Gasteiger partial charge in [0.15, 0.2) is 11.6 Å². The highest BCUT2D eigenvalue weighted by molar-refractivity contribution is 6.29. The second-order valence-electron chi connectivity index (χ2n) is 14.3. The number of benzene rings is 7. The zero-order chi connectivity index (χ0) is 38.7. The lowest BCUT2D eigenvalue weighted by Gasteiger charge is -2.11. The molecule has 2 aliphatic rings. The summed E-state index contributed by atoms with van der Waals surface area (Å²) in [4.78, 5) is 19.2. The van der Waals surface area contributed by atoms with Crippen molar-refractivity contribution in [2.45, 2.75) is 0 Å². The fourth-order valence-electron chi connectivity index (χ4n) is 8.21. The van der Waals surface area contributed by atoms with E-state index in [9.17, 15) is 8.78 Å². The van der Waals surface area contributed by atoms with Gasteiger partial charge in [-0.05, 0) is 111 Å². The number of hydrogen-bond donors (Lipinski definition) is 2. The van der Waals surface area contributed by atoms with Gasteiger partial charge in [-0.25, -0.2) is 28.7 Å². The van der Waals surface area contributed by atoms with Crippen LogP contribution in [0, 0.1) is 11.6 Å². The van der Waals surface area contributed by atoms with Crippen LogP contribution in [0.5, 0.6) is 0 Å². The minimum Gasteiger partial charge on any atom is -0.339 e. The maximum atomic E-state index is 13.7. The molecule has 9 aromatic rings. The van der Waals surface area contributed by atoms with Crippen molar-refractivity contribution < 1.29 is 8.78 Å². The molecule has 0 aliphatic carbocycles. The van der Waals surface area contributed by atoms with E-state index < -0.39 is 0 Å². The summed E-state index contributed by atoms with van der Waals surface area (Å²) in [5.74, 6) is 1.99. The lowest BCUT2D eigenvalue weighted by molar-refractivity contribution is 0.627. The monoisotopic (exact) mass is 752 g/mol. The fourth-order valence-corrected chi connectivity index (χ4v) is 8.21. The van der Waals surface area contributed by atoms with Crippen molar-refractivity contribution in [2.75, 3.05) is 10.6 Å². The largest absolute Gasteiger partial charge is 0.339 e. The van der Waals surface area contributed by atoms with Gasteiger partial charge in [-0.1, -0.05) is 91.0 Å². The van der Waals surface area contributed by atoms with Crippen molar-refractivity contribution >= 4 is 56.2 Å². The summed E-state index contributed by atoms with van der Waals surface area (Å²) in [6.07, 6.45) is 3.44. The van der Waals surface area contributed by atoms with Gasteiger partial charge in [-0.15, -0.1) is 0 Å². The highest BCUT2D eigenvalue weighted by atomic mass is 19.1. The Morgan fingerprint density at radius 3 is 1.29 bits per heavy atom. The lowest BCUT2D eigenvalue weighted by Crippen LogP contribution is -2.07. The van der Waals surface area contributed by atoms with Gasteiger partial charge in [0.2, 0.25) is 0 Å². The predicted molar refractivity (Wildman–Crippen MR) is 231 cm³/mol. The van der Waals surface area contributed by atoms with Gasteiger partial charge in [-0.3, -0.25) is 0 Å². The second-order valence-corrected chi connectivity index (χ2v) is 14.3. The molecule has 6 nitrogen and oxygen atoms in total. The van der Waals surface area contributed by atoms with Crippen LogP contribution in [0.4, 0.5) is 31.8 Å². The second kappa shape index (κ2) is 13.4. The third-order valence-corrected chi connectivity index (χ3v) is 10.9. The fraction of sp³-hybridized carbons (Fsp3) is 0. The molecule has 0 saturated carbocycles. The minimum absolute atomic E-state index is 0.286. The van der Waals surface area contributed by atoms with E-state index in [0.29, 0.717) is 11.6 Å². The molecule has 11 rings (SSSR count). The van der Waals surface area contributed by atoms with E-state index >= 15 is 0 Å². The molecule has 7 aromatic carbocycles. The number of nitrogens with one attached hydrogen (secondary N) is 2. The molecule has 0 bridgehead atoms. The van der Waals surface area contributed by atoms with E-state index in [4.69, 9.17) is 9.98 Å². The molecule has 0 amide bonds. The molecule has 0 spiro atoms. The molecule has 58 heavy (non-hydrogen) atoms. The van der Waals surface area contributed by atoms with E-state index in [-0.39, 0.29) is 11.6 Å². The molecule has 0 saturated heterocycles. The molecule has 0 radical (unpaired) electrons. The topological polar surface area (TPSA) is 74.6 Å². The Balaban J connectivity index is 0.927. The molecule has 4 heterocycles. The summed E-state index contributed by atoms with van der Waals surface area (Å²) in [6, 6.07) is 50.3. The number of hydrogen-bond acceptors (Lipinski definition) is 4. The first kappa shape index (κ1) is 33.5. The number of anilines is 2. The Labute approximate surface area is 332 Å². The Hall–Kier alpha value is -7.84. The van der Waals surface area contributed by atoms with Crippen LogP contribution in [0.2, 0.25) is 0 Å². The maximum absolute atomic E-state index is 13.7. The maximum Gasteiger partial charge on any atom is 0.162 e. The summed E-state index contributed by atoms with van der Waals surface area (Å²) in [5.41, 5.74) is 11.8. The Morgan fingerprint density at radius 2 is 0.759 bits per heavy atom. The zero-order valence-corrected chi connectivity index (χ0v) is 30.7. The van der Waals surface area contributed by atoms with Gasteiger partial charge in [0.1, 0.15) is 23.3 Å². The molecule has 0 atom stereocenters. The Morgan fingerprint density at radius 1 is 0.362 bits per heavy atom. The summed E-state index contributed by atoms with van der Waals surface area (Å²) >= 11 is 0. The van der Waals surface area contributed by atoms with Crippen LogP contribution in [0.15, 0.2) is 180 Å². The molecule has 2 N–H and O–H groups in total. The van der Waals surface area contributed by atoms with Crippen molar-refractivity contribution in [3.63, 3.8) is 0 Å². The van der Waals surface area contributed by atoms with Crippen LogP contribution in [0.25, 0.3) is 66.1 Å². The SMILES string of the molecule is Fc1ccc(-c2cccnc2N=C2Nc3ccc(-c4ccc(-c5ccc6c7c(cccc57)NC6=Nc5ncccc5-c5ccc(F)cc5)cc4)c4cccc2c34)cc1. The zero-order valence-electron chi connectivity index (χ0n) is 30.7. The molecular weight excluding hydrogens is 723 g/mol. The van der Waals surface area contributed by atoms with E-state index in [1.54, 1.807) is 36.7 Å². The Bertz CT molecular complexity index is 3010. The first-order valence-corrected chi connectivity index (χ1v) is 18.9. The highest BCUT2D eigenvalue weighted by Crippen LogP contribution is 2.43. The third kappa shape index (κ3) is 5.61. The number of pyridine rings is 2. The van der Waals surface area contributed by atoms with Gasteiger partial charge < -0.3 is 10.6 Å². The van der Waals surface area contributed by atoms with Gasteiger partial charge in [-0.2, -0.15) is 0 Å². The standard InChI is InChI=1S/C50H30F2N6/c51-33-19-15-31(16-20-33)37-8-3-27-53-47(37)57-49-41-7-1-5-39-36(25-26-44(56-49)45(39)41)30-13-11-29(12-14-30)35-23-24-42-46-40(35)6-2-10-43(46)55-50(42)58-48-38(9-4-28-54-48)32-17-21-34(52)22-18-32/h1-28H,(H,53,56,57)(H,54,55,58). The van der Waals surface area contributed by atoms with E-state index in [1.165, 1.54) is 24.3 Å². The van der Waals surface area contributed by atoms with Crippen molar-refractivity contribution in [2.24, 2.45) is 9.98 Å². The van der Waals surface area contributed by atoms with Crippen molar-refractivity contribution in [1.82, 2.24) is 9.97 Å². The quantitative estimate of drug-likeness (QED) is 0.177. The predicted octanol–water partition coefficient (Wildman–Crippen LogP) is 12.7. The Kier molecular flexibility index (Phi) is 7.75. The van der Waals surface area contributed by atoms with Gasteiger partial charge in [0, 0.05) is 56.8 Å². The third-order valence-electron chi connectivity index (χ3n) is 10.9. The molecular formula is C50H30F2N6. The van der Waals surface area contributed by atoms with Crippen molar-refractivity contribution in [3.05, 3.63) is 193 Å².